The van der Waals surface area contributed by atoms with Gasteiger partial charge >= 0.3 is 11.9 Å². The Balaban J connectivity index is 0.000000294. The molecule has 0 aromatic heterocycles. The number of aliphatic carboxylic acids is 1. The van der Waals surface area contributed by atoms with Crippen molar-refractivity contribution in [1.82, 2.24) is 0 Å². The number of carboxylic acid groups (broad SMARTS) is 1. The maximum absolute atomic E-state index is 11.1. The van der Waals surface area contributed by atoms with E-state index in [0.717, 1.165) is 6.26 Å². The molecule has 2 aliphatic carbocycles. The number of allylic oxidation sites excluding steroid dienone is 1. The Bertz CT molecular complexity index is 406. The van der Waals surface area contributed by atoms with Crippen LogP contribution in [0.2, 0.25) is 0 Å². The van der Waals surface area contributed by atoms with E-state index < -0.39 is 11.9 Å². The van der Waals surface area contributed by atoms with Gasteiger partial charge in [-0.1, -0.05) is 6.58 Å². The molecule has 2 fully saturated rings. The lowest BCUT2D eigenvalue weighted by molar-refractivity contribution is -0.137. The zero-order chi connectivity index (χ0) is 15.8. The quantitative estimate of drug-likeness (QED) is 0.462. The maximum Gasteiger partial charge on any atom is 0.336 e. The molecule has 0 amide bonds. The first kappa shape index (κ1) is 17.3. The topological polar surface area (TPSA) is 72.8 Å². The van der Waals surface area contributed by atoms with Crippen molar-refractivity contribution in [2.45, 2.75) is 45.4 Å². The molecule has 0 aromatic carbocycles. The van der Waals surface area contributed by atoms with E-state index in [4.69, 9.17) is 9.84 Å². The first-order valence-electron chi connectivity index (χ1n) is 7.25. The van der Waals surface area contributed by atoms with Crippen LogP contribution in [0.25, 0.3) is 0 Å². The highest BCUT2D eigenvalue weighted by Crippen LogP contribution is 2.49. The number of fused-ring (bicyclic) bond motifs is 1. The van der Waals surface area contributed by atoms with Gasteiger partial charge in [-0.25, -0.2) is 4.79 Å². The summed E-state index contributed by atoms with van der Waals surface area (Å²) < 4.78 is 9.38. The van der Waals surface area contributed by atoms with E-state index in [0.29, 0.717) is 5.76 Å². The van der Waals surface area contributed by atoms with Gasteiger partial charge in [-0.2, -0.15) is 0 Å². The van der Waals surface area contributed by atoms with Gasteiger partial charge in [-0.15, -0.1) is 0 Å². The molecular weight excluding hydrogens is 272 g/mol. The van der Waals surface area contributed by atoms with Gasteiger partial charge in [0.25, 0.3) is 0 Å². The van der Waals surface area contributed by atoms with Gasteiger partial charge in [0.2, 0.25) is 0 Å². The van der Waals surface area contributed by atoms with Crippen molar-refractivity contribution in [3.05, 3.63) is 24.2 Å². The molecular formula is C16H24O5. The number of carboxylic acids is 1. The number of rotatable bonds is 6. The third-order valence-corrected chi connectivity index (χ3v) is 3.94. The van der Waals surface area contributed by atoms with Crippen molar-refractivity contribution >= 4 is 11.9 Å². The van der Waals surface area contributed by atoms with Gasteiger partial charge in [0.1, 0.15) is 6.26 Å². The van der Waals surface area contributed by atoms with E-state index in [9.17, 15) is 9.59 Å². The Labute approximate surface area is 125 Å². The molecule has 118 valence electrons. The van der Waals surface area contributed by atoms with Crippen molar-refractivity contribution in [3.63, 3.8) is 0 Å². The minimum absolute atomic E-state index is 0.0648. The molecule has 5 heteroatoms. The molecule has 2 saturated carbocycles. The molecule has 0 atom stereocenters. The summed E-state index contributed by atoms with van der Waals surface area (Å²) in [7, 11) is 1.22. The van der Waals surface area contributed by atoms with Crippen LogP contribution in [-0.2, 0) is 19.1 Å². The van der Waals surface area contributed by atoms with Gasteiger partial charge in [-0.05, 0) is 50.9 Å². The standard InChI is InChI=1S/C10H14O5.C6H10/c1-7(2)15-6-8(10(13)14-3)4-5-9(11)12;1-2-6-4-3-5(1)6/h6H,1,4-5H2,2-3H3,(H,11,12);5-6H,1-4H2. The number of carbonyl (C=O) groups excluding carboxylic acids is 1. The lowest BCUT2D eigenvalue weighted by Crippen LogP contribution is -2.34. The molecule has 0 heterocycles. The largest absolute Gasteiger partial charge is 0.481 e. The Morgan fingerprint density at radius 1 is 1.19 bits per heavy atom. The highest BCUT2D eigenvalue weighted by molar-refractivity contribution is 5.88. The zero-order valence-corrected chi connectivity index (χ0v) is 12.8. The van der Waals surface area contributed by atoms with Crippen LogP contribution < -0.4 is 0 Å². The van der Waals surface area contributed by atoms with E-state index in [1.807, 2.05) is 0 Å². The fraction of sp³-hybridized carbons (Fsp3) is 0.625. The van der Waals surface area contributed by atoms with Crippen molar-refractivity contribution in [2.24, 2.45) is 11.8 Å². The van der Waals surface area contributed by atoms with Gasteiger partial charge in [-0.3, -0.25) is 4.79 Å². The first-order valence-corrected chi connectivity index (χ1v) is 7.25. The molecule has 5 nitrogen and oxygen atoms in total. The fourth-order valence-electron chi connectivity index (χ4n) is 2.32. The van der Waals surface area contributed by atoms with Gasteiger partial charge in [0.15, 0.2) is 0 Å². The molecule has 0 unspecified atom stereocenters. The summed E-state index contributed by atoms with van der Waals surface area (Å²) in [5.74, 6) is 1.25. The number of esters is 1. The first-order chi connectivity index (χ1) is 9.93. The average Bonchev–Trinajstić information content (AvgIpc) is 2.42. The second-order valence-electron chi connectivity index (χ2n) is 5.52. The van der Waals surface area contributed by atoms with Crippen LogP contribution in [0, 0.1) is 11.8 Å². The van der Waals surface area contributed by atoms with Crippen LogP contribution in [0.15, 0.2) is 24.2 Å². The summed E-state index contributed by atoms with van der Waals surface area (Å²) in [6.07, 6.45) is 7.32. The van der Waals surface area contributed by atoms with Crippen molar-refractivity contribution in [2.75, 3.05) is 7.11 Å². The summed E-state index contributed by atoms with van der Waals surface area (Å²) in [6.45, 7) is 5.09. The normalized spacial score (nSPS) is 22.5. The summed E-state index contributed by atoms with van der Waals surface area (Å²) in [5, 5.41) is 8.46. The maximum atomic E-state index is 11.1. The van der Waals surface area contributed by atoms with Gasteiger partial charge < -0.3 is 14.6 Å². The van der Waals surface area contributed by atoms with E-state index in [1.165, 1.54) is 18.9 Å². The van der Waals surface area contributed by atoms with Crippen LogP contribution in [0.3, 0.4) is 0 Å². The predicted octanol–water partition coefficient (Wildman–Crippen LogP) is 3.26. The van der Waals surface area contributed by atoms with Crippen molar-refractivity contribution < 1.29 is 24.2 Å². The average molecular weight is 296 g/mol. The minimum atomic E-state index is -0.986. The molecule has 0 aromatic rings. The SMILES string of the molecule is C1CC2CCC12.C=C(C)OC=C(CCC(=O)O)C(=O)OC. The molecule has 21 heavy (non-hydrogen) atoms. The number of carbonyl (C=O) groups is 2. The Morgan fingerprint density at radius 3 is 2.00 bits per heavy atom. The van der Waals surface area contributed by atoms with Crippen LogP contribution in [0.1, 0.15) is 45.4 Å². The number of methoxy groups -OCH3 is 1. The van der Waals surface area contributed by atoms with Gasteiger partial charge in [0.05, 0.1) is 18.4 Å². The number of hydrogen-bond donors (Lipinski definition) is 1. The van der Waals surface area contributed by atoms with E-state index in [1.54, 1.807) is 32.6 Å². The second-order valence-corrected chi connectivity index (χ2v) is 5.52. The number of ether oxygens (including phenoxy) is 2. The third-order valence-electron chi connectivity index (χ3n) is 3.94. The Morgan fingerprint density at radius 2 is 1.71 bits per heavy atom. The van der Waals surface area contributed by atoms with E-state index >= 15 is 0 Å². The molecule has 2 aliphatic rings. The van der Waals surface area contributed by atoms with Crippen LogP contribution in [-0.4, -0.2) is 24.2 Å². The molecule has 2 rings (SSSR count). The molecule has 0 radical (unpaired) electrons. The lowest BCUT2D eigenvalue weighted by Gasteiger charge is -2.46. The number of hydrogen-bond acceptors (Lipinski definition) is 4. The molecule has 0 saturated heterocycles. The second kappa shape index (κ2) is 8.49. The molecule has 1 N–H and O–H groups in total. The van der Waals surface area contributed by atoms with Crippen LogP contribution in [0.4, 0.5) is 0 Å². The smallest absolute Gasteiger partial charge is 0.336 e. The monoisotopic (exact) mass is 296 g/mol. The van der Waals surface area contributed by atoms with Crippen molar-refractivity contribution in [1.29, 1.82) is 0 Å². The fourth-order valence-corrected chi connectivity index (χ4v) is 2.32. The van der Waals surface area contributed by atoms with Crippen LogP contribution >= 0.6 is 0 Å². The summed E-state index contributed by atoms with van der Waals surface area (Å²) in [5.41, 5.74) is 0.169. The molecule has 0 bridgehead atoms. The predicted molar refractivity (Wildman–Crippen MR) is 78.3 cm³/mol. The summed E-state index contributed by atoms with van der Waals surface area (Å²) in [6, 6.07) is 0. The van der Waals surface area contributed by atoms with E-state index in [2.05, 4.69) is 11.3 Å². The highest BCUT2D eigenvalue weighted by Gasteiger charge is 2.37. The third kappa shape index (κ3) is 6.02. The van der Waals surface area contributed by atoms with Gasteiger partial charge in [0, 0.05) is 6.42 Å². The summed E-state index contributed by atoms with van der Waals surface area (Å²) in [4.78, 5) is 21.5. The Kier molecular flexibility index (Phi) is 6.99. The lowest BCUT2D eigenvalue weighted by atomic mass is 9.60. The molecule has 0 spiro atoms. The zero-order valence-electron chi connectivity index (χ0n) is 12.8. The Hall–Kier alpha value is -1.78. The minimum Gasteiger partial charge on any atom is -0.481 e. The molecule has 0 aliphatic heterocycles. The van der Waals surface area contributed by atoms with E-state index in [-0.39, 0.29) is 18.4 Å². The summed E-state index contributed by atoms with van der Waals surface area (Å²) >= 11 is 0. The highest BCUT2D eigenvalue weighted by atomic mass is 16.5. The van der Waals surface area contributed by atoms with Crippen molar-refractivity contribution in [3.8, 4) is 0 Å². The van der Waals surface area contributed by atoms with Crippen LogP contribution in [0.5, 0.6) is 0 Å².